The van der Waals surface area contributed by atoms with E-state index in [9.17, 15) is 4.79 Å². The minimum Gasteiger partial charge on any atom is -0.466 e. The number of esters is 1. The fourth-order valence-corrected chi connectivity index (χ4v) is 1.99. The largest absolute Gasteiger partial charge is 0.466 e. The maximum Gasteiger partial charge on any atom is 0.330 e. The highest BCUT2D eigenvalue weighted by Gasteiger charge is 2.34. The van der Waals surface area contributed by atoms with Crippen LogP contribution in [0.5, 0.6) is 0 Å². The molecule has 0 saturated heterocycles. The zero-order valence-electron chi connectivity index (χ0n) is 14.2. The lowest BCUT2D eigenvalue weighted by atomic mass is 9.89. The molecule has 0 aliphatic heterocycles. The van der Waals surface area contributed by atoms with Gasteiger partial charge in [0.15, 0.2) is 5.79 Å². The highest BCUT2D eigenvalue weighted by atomic mass is 16.7. The molecule has 0 unspecified atom stereocenters. The van der Waals surface area contributed by atoms with E-state index in [0.717, 1.165) is 31.3 Å². The molecule has 0 atom stereocenters. The lowest BCUT2D eigenvalue weighted by molar-refractivity contribution is -0.232. The van der Waals surface area contributed by atoms with Gasteiger partial charge >= 0.3 is 5.97 Å². The van der Waals surface area contributed by atoms with Crippen molar-refractivity contribution in [2.24, 2.45) is 0 Å². The van der Waals surface area contributed by atoms with Crippen LogP contribution >= 0.6 is 0 Å². The first-order chi connectivity index (χ1) is 9.65. The predicted octanol–water partition coefficient (Wildman–Crippen LogP) is 4.09. The molecule has 4 nitrogen and oxygen atoms in total. The summed E-state index contributed by atoms with van der Waals surface area (Å²) in [5, 5.41) is 0. The molecular formula is C16H32O4. The van der Waals surface area contributed by atoms with Gasteiger partial charge in [-0.15, -0.1) is 0 Å². The number of rotatable bonds is 4. The van der Waals surface area contributed by atoms with E-state index < -0.39 is 5.79 Å². The second-order valence-corrected chi connectivity index (χ2v) is 3.87. The summed E-state index contributed by atoms with van der Waals surface area (Å²) in [7, 11) is 3.06. The summed E-state index contributed by atoms with van der Waals surface area (Å²) < 4.78 is 15.7. The van der Waals surface area contributed by atoms with E-state index in [4.69, 9.17) is 9.47 Å². The molecule has 1 aliphatic carbocycles. The molecule has 4 heteroatoms. The third kappa shape index (κ3) is 7.65. The molecule has 0 spiro atoms. The second-order valence-electron chi connectivity index (χ2n) is 3.87. The minimum absolute atomic E-state index is 0.281. The third-order valence-electron chi connectivity index (χ3n) is 2.96. The summed E-state index contributed by atoms with van der Waals surface area (Å²) in [4.78, 5) is 11.1. The first-order valence-corrected chi connectivity index (χ1v) is 7.62. The van der Waals surface area contributed by atoms with Crippen LogP contribution in [0.1, 0.15) is 60.3 Å². The summed E-state index contributed by atoms with van der Waals surface area (Å²) in [6.07, 6.45) is 4.80. The molecular weight excluding hydrogens is 256 g/mol. The first kappa shape index (κ1) is 21.4. The van der Waals surface area contributed by atoms with Crippen molar-refractivity contribution in [3.05, 3.63) is 11.6 Å². The Hall–Kier alpha value is -0.870. The lowest BCUT2D eigenvalue weighted by Crippen LogP contribution is -2.37. The molecule has 0 amide bonds. The molecule has 0 heterocycles. The van der Waals surface area contributed by atoms with Crippen LogP contribution in [0.3, 0.4) is 0 Å². The molecule has 0 N–H and O–H groups in total. The molecule has 0 aromatic heterocycles. The van der Waals surface area contributed by atoms with Gasteiger partial charge in [-0.2, -0.15) is 0 Å². The Morgan fingerprint density at radius 1 is 1.15 bits per heavy atom. The van der Waals surface area contributed by atoms with Gasteiger partial charge in [-0.05, 0) is 19.8 Å². The zero-order valence-corrected chi connectivity index (χ0v) is 14.2. The van der Waals surface area contributed by atoms with Crippen LogP contribution in [0.2, 0.25) is 0 Å². The highest BCUT2D eigenvalue weighted by Crippen LogP contribution is 2.35. The maximum absolute atomic E-state index is 11.1. The first-order valence-electron chi connectivity index (χ1n) is 7.62. The summed E-state index contributed by atoms with van der Waals surface area (Å²) >= 11 is 0. The molecule has 1 saturated carbocycles. The smallest absolute Gasteiger partial charge is 0.330 e. The van der Waals surface area contributed by atoms with Crippen molar-refractivity contribution in [3.63, 3.8) is 0 Å². The lowest BCUT2D eigenvalue weighted by Gasteiger charge is -2.36. The van der Waals surface area contributed by atoms with Crippen molar-refractivity contribution < 1.29 is 19.0 Å². The number of ether oxygens (including phenoxy) is 3. The van der Waals surface area contributed by atoms with Gasteiger partial charge in [0.25, 0.3) is 0 Å². The fraction of sp³-hybridized carbons (Fsp3) is 0.812. The molecule has 0 bridgehead atoms. The van der Waals surface area contributed by atoms with Gasteiger partial charge in [-0.3, -0.25) is 0 Å². The van der Waals surface area contributed by atoms with Crippen molar-refractivity contribution in [1.82, 2.24) is 0 Å². The summed E-state index contributed by atoms with van der Waals surface area (Å²) in [5.41, 5.74) is 1.11. The topological polar surface area (TPSA) is 44.8 Å². The van der Waals surface area contributed by atoms with Crippen LogP contribution < -0.4 is 0 Å². The van der Waals surface area contributed by atoms with Gasteiger partial charge in [-0.25, -0.2) is 4.79 Å². The molecule has 0 radical (unpaired) electrons. The van der Waals surface area contributed by atoms with E-state index >= 15 is 0 Å². The van der Waals surface area contributed by atoms with Crippen molar-refractivity contribution >= 4 is 5.97 Å². The average molecular weight is 288 g/mol. The number of hydrogen-bond donors (Lipinski definition) is 0. The van der Waals surface area contributed by atoms with Crippen LogP contribution in [-0.2, 0) is 19.0 Å². The molecule has 1 fully saturated rings. The second kappa shape index (κ2) is 13.1. The van der Waals surface area contributed by atoms with E-state index in [1.165, 1.54) is 7.11 Å². The maximum atomic E-state index is 11.1. The molecule has 20 heavy (non-hydrogen) atoms. The molecule has 0 aromatic carbocycles. The SMILES string of the molecule is CC.CC.CCOC1(OC)CCC(=CC(=O)OC)CC1. The highest BCUT2D eigenvalue weighted by molar-refractivity contribution is 5.82. The Morgan fingerprint density at radius 3 is 2.00 bits per heavy atom. The number of hydrogen-bond acceptors (Lipinski definition) is 4. The van der Waals surface area contributed by atoms with Gasteiger partial charge in [0.05, 0.1) is 7.11 Å². The molecule has 0 aromatic rings. The monoisotopic (exact) mass is 288 g/mol. The third-order valence-corrected chi connectivity index (χ3v) is 2.96. The molecule has 1 aliphatic rings. The zero-order chi connectivity index (χ0) is 16.0. The van der Waals surface area contributed by atoms with Crippen molar-refractivity contribution in [2.75, 3.05) is 20.8 Å². The quantitative estimate of drug-likeness (QED) is 0.444. The average Bonchev–Trinajstić information content (AvgIpc) is 2.53. The van der Waals surface area contributed by atoms with E-state index in [1.807, 2.05) is 34.6 Å². The Labute approximate surface area is 124 Å². The van der Waals surface area contributed by atoms with Crippen LogP contribution in [0.25, 0.3) is 0 Å². The van der Waals surface area contributed by atoms with Gasteiger partial charge < -0.3 is 14.2 Å². The van der Waals surface area contributed by atoms with E-state index in [1.54, 1.807) is 13.2 Å². The van der Waals surface area contributed by atoms with Crippen LogP contribution in [0.4, 0.5) is 0 Å². The Bertz CT molecular complexity index is 262. The van der Waals surface area contributed by atoms with Crippen molar-refractivity contribution in [3.8, 4) is 0 Å². The Morgan fingerprint density at radius 2 is 1.65 bits per heavy atom. The van der Waals surface area contributed by atoms with Crippen LogP contribution in [-0.4, -0.2) is 32.6 Å². The van der Waals surface area contributed by atoms with Gasteiger partial charge in [-0.1, -0.05) is 33.3 Å². The van der Waals surface area contributed by atoms with Gasteiger partial charge in [0.1, 0.15) is 0 Å². The Balaban J connectivity index is 0. The van der Waals surface area contributed by atoms with E-state index in [0.29, 0.717) is 6.61 Å². The van der Waals surface area contributed by atoms with Crippen molar-refractivity contribution in [2.45, 2.75) is 66.1 Å². The summed E-state index contributed by atoms with van der Waals surface area (Å²) in [5.74, 6) is -0.737. The predicted molar refractivity (Wildman–Crippen MR) is 82.6 cm³/mol. The molecule has 1 rings (SSSR count). The number of carbonyl (C=O) groups excluding carboxylic acids is 1. The summed E-state index contributed by atoms with van der Waals surface area (Å²) in [6, 6.07) is 0. The van der Waals surface area contributed by atoms with Crippen molar-refractivity contribution in [1.29, 1.82) is 0 Å². The minimum atomic E-state index is -0.456. The normalized spacial score (nSPS) is 20.9. The number of allylic oxidation sites excluding steroid dienone is 1. The standard InChI is InChI=1S/C12H20O4.2C2H6/c1-4-16-12(15-3)7-5-10(6-8-12)9-11(13)14-2;2*1-2/h9H,4-8H2,1-3H3;2*1-2H3. The summed E-state index contributed by atoms with van der Waals surface area (Å²) in [6.45, 7) is 10.6. The fourth-order valence-electron chi connectivity index (χ4n) is 1.99. The van der Waals surface area contributed by atoms with Crippen LogP contribution in [0, 0.1) is 0 Å². The molecule has 120 valence electrons. The Kier molecular flexibility index (Phi) is 14.1. The van der Waals surface area contributed by atoms with Gasteiger partial charge in [0, 0.05) is 32.6 Å². The van der Waals surface area contributed by atoms with E-state index in [-0.39, 0.29) is 5.97 Å². The number of methoxy groups -OCH3 is 2. The van der Waals surface area contributed by atoms with E-state index in [2.05, 4.69) is 4.74 Å². The van der Waals surface area contributed by atoms with Gasteiger partial charge in [0.2, 0.25) is 0 Å². The van der Waals surface area contributed by atoms with Crippen LogP contribution in [0.15, 0.2) is 11.6 Å². The number of carbonyl (C=O) groups is 1.